The summed E-state index contributed by atoms with van der Waals surface area (Å²) in [6.07, 6.45) is 4.50. The molecule has 39 heavy (non-hydrogen) atoms. The van der Waals surface area contributed by atoms with Crippen LogP contribution >= 0.6 is 23.1 Å². The Bertz CT molecular complexity index is 1380. The predicted octanol–water partition coefficient (Wildman–Crippen LogP) is 6.40. The number of amides is 1. The van der Waals surface area contributed by atoms with Crippen molar-refractivity contribution in [3.63, 3.8) is 0 Å². The van der Waals surface area contributed by atoms with Crippen molar-refractivity contribution in [3.8, 4) is 11.1 Å². The van der Waals surface area contributed by atoms with Gasteiger partial charge in [-0.05, 0) is 71.7 Å². The number of carbonyl (C=O) groups is 2. The first-order chi connectivity index (χ1) is 19.0. The van der Waals surface area contributed by atoms with E-state index < -0.39 is 17.9 Å². The van der Waals surface area contributed by atoms with E-state index in [0.29, 0.717) is 24.3 Å². The number of aryl methyl sites for hydroxylation is 1. The lowest BCUT2D eigenvalue weighted by atomic mass is 9.92. The SMILES string of the molecule is CSCCC(NC(=O)c1ccc(C(OCCc2ccccc2)c2cncs2)cc1-c1ccccc1C)C(=O)O. The number of rotatable bonds is 13. The molecule has 1 amide bonds. The van der Waals surface area contributed by atoms with Crippen LogP contribution in [0.15, 0.2) is 84.5 Å². The summed E-state index contributed by atoms with van der Waals surface area (Å²) in [5, 5.41) is 12.4. The molecule has 202 valence electrons. The molecule has 0 spiro atoms. The maximum Gasteiger partial charge on any atom is 0.326 e. The molecule has 8 heteroatoms. The topological polar surface area (TPSA) is 88.5 Å². The van der Waals surface area contributed by atoms with Gasteiger partial charge in [0.2, 0.25) is 0 Å². The summed E-state index contributed by atoms with van der Waals surface area (Å²) in [5.41, 5.74) is 6.97. The molecule has 0 saturated carbocycles. The number of thiazole rings is 1. The van der Waals surface area contributed by atoms with Crippen molar-refractivity contribution in [1.82, 2.24) is 10.3 Å². The molecule has 0 bridgehead atoms. The largest absolute Gasteiger partial charge is 0.480 e. The zero-order chi connectivity index (χ0) is 27.6. The van der Waals surface area contributed by atoms with Crippen molar-refractivity contribution in [3.05, 3.63) is 112 Å². The Kier molecular flexibility index (Phi) is 10.3. The molecule has 6 nitrogen and oxygen atoms in total. The normalized spacial score (nSPS) is 12.6. The second-order valence-electron chi connectivity index (χ2n) is 9.16. The molecule has 0 aliphatic carbocycles. The number of aromatic nitrogens is 1. The number of carbonyl (C=O) groups excluding carboxylic acids is 1. The number of thioether (sulfide) groups is 1. The lowest BCUT2D eigenvalue weighted by Crippen LogP contribution is -2.41. The van der Waals surface area contributed by atoms with Crippen LogP contribution in [0.3, 0.4) is 0 Å². The van der Waals surface area contributed by atoms with E-state index in [1.807, 2.05) is 74.0 Å². The first-order valence-electron chi connectivity index (χ1n) is 12.7. The number of benzene rings is 3. The third-order valence-corrected chi connectivity index (χ3v) is 7.93. The van der Waals surface area contributed by atoms with Crippen molar-refractivity contribution in [2.24, 2.45) is 0 Å². The molecule has 0 aliphatic heterocycles. The van der Waals surface area contributed by atoms with Gasteiger partial charge in [-0.2, -0.15) is 11.8 Å². The number of aliphatic carboxylic acids is 1. The van der Waals surface area contributed by atoms with Gasteiger partial charge in [0.15, 0.2) is 0 Å². The van der Waals surface area contributed by atoms with Gasteiger partial charge in [-0.15, -0.1) is 11.3 Å². The van der Waals surface area contributed by atoms with Gasteiger partial charge >= 0.3 is 5.97 Å². The summed E-state index contributed by atoms with van der Waals surface area (Å²) < 4.78 is 6.43. The van der Waals surface area contributed by atoms with Crippen molar-refractivity contribution in [2.45, 2.75) is 31.9 Å². The fourth-order valence-electron chi connectivity index (χ4n) is 4.39. The van der Waals surface area contributed by atoms with Crippen LogP contribution in [0.1, 0.15) is 44.5 Å². The molecular formula is C31H32N2O4S2. The molecule has 1 heterocycles. The minimum absolute atomic E-state index is 0.350. The van der Waals surface area contributed by atoms with E-state index >= 15 is 0 Å². The third-order valence-electron chi connectivity index (χ3n) is 6.47. The number of ether oxygens (including phenoxy) is 1. The van der Waals surface area contributed by atoms with Crippen LogP contribution in [-0.2, 0) is 16.0 Å². The van der Waals surface area contributed by atoms with Crippen molar-refractivity contribution >= 4 is 35.0 Å². The summed E-state index contributed by atoms with van der Waals surface area (Å²) >= 11 is 3.07. The fourth-order valence-corrected chi connectivity index (χ4v) is 5.55. The van der Waals surface area contributed by atoms with Gasteiger partial charge in [0.1, 0.15) is 12.1 Å². The average molecular weight is 561 g/mol. The van der Waals surface area contributed by atoms with Gasteiger partial charge in [0, 0.05) is 11.8 Å². The lowest BCUT2D eigenvalue weighted by Gasteiger charge is -2.21. The molecule has 0 fully saturated rings. The van der Waals surface area contributed by atoms with E-state index in [9.17, 15) is 14.7 Å². The van der Waals surface area contributed by atoms with Gasteiger partial charge < -0.3 is 15.2 Å². The summed E-state index contributed by atoms with van der Waals surface area (Å²) in [6.45, 7) is 2.52. The molecule has 2 unspecified atom stereocenters. The first kappa shape index (κ1) is 28.5. The zero-order valence-electron chi connectivity index (χ0n) is 22.0. The lowest BCUT2D eigenvalue weighted by molar-refractivity contribution is -0.139. The highest BCUT2D eigenvalue weighted by atomic mass is 32.2. The van der Waals surface area contributed by atoms with Crippen LogP contribution in [0.5, 0.6) is 0 Å². The number of hydrogen-bond acceptors (Lipinski definition) is 6. The second-order valence-corrected chi connectivity index (χ2v) is 11.1. The van der Waals surface area contributed by atoms with E-state index in [-0.39, 0.29) is 6.10 Å². The van der Waals surface area contributed by atoms with E-state index in [1.54, 1.807) is 23.3 Å². The highest BCUT2D eigenvalue weighted by Gasteiger charge is 2.25. The van der Waals surface area contributed by atoms with Gasteiger partial charge in [-0.1, -0.05) is 60.7 Å². The van der Waals surface area contributed by atoms with Crippen LogP contribution in [0.4, 0.5) is 0 Å². The molecule has 3 aromatic carbocycles. The molecule has 2 atom stereocenters. The Morgan fingerprint density at radius 3 is 2.51 bits per heavy atom. The fraction of sp³-hybridized carbons (Fsp3) is 0.258. The Morgan fingerprint density at radius 1 is 1.05 bits per heavy atom. The zero-order valence-corrected chi connectivity index (χ0v) is 23.6. The number of carboxylic acid groups (broad SMARTS) is 1. The van der Waals surface area contributed by atoms with Crippen molar-refractivity contribution < 1.29 is 19.4 Å². The standard InChI is InChI=1S/C31H32N2O4S2/c1-21-8-6-7-11-24(21)26-18-23(12-13-25(26)30(34)33-27(31(35)36)15-17-38-2)29(28-19-32-20-39-28)37-16-14-22-9-4-3-5-10-22/h3-13,18-20,27,29H,14-17H2,1-2H3,(H,33,34)(H,35,36). The van der Waals surface area contributed by atoms with Crippen LogP contribution in [0.2, 0.25) is 0 Å². The second kappa shape index (κ2) is 14.1. The third kappa shape index (κ3) is 7.56. The van der Waals surface area contributed by atoms with Crippen LogP contribution in [-0.4, -0.2) is 46.6 Å². The van der Waals surface area contributed by atoms with E-state index in [0.717, 1.165) is 33.6 Å². The molecule has 2 N–H and O–H groups in total. The van der Waals surface area contributed by atoms with Gasteiger partial charge in [0.25, 0.3) is 5.91 Å². The summed E-state index contributed by atoms with van der Waals surface area (Å²) in [7, 11) is 0. The van der Waals surface area contributed by atoms with Crippen LogP contribution in [0.25, 0.3) is 11.1 Å². The van der Waals surface area contributed by atoms with Crippen molar-refractivity contribution in [2.75, 3.05) is 18.6 Å². The smallest absolute Gasteiger partial charge is 0.326 e. The van der Waals surface area contributed by atoms with Gasteiger partial charge in [-0.25, -0.2) is 4.79 Å². The number of carboxylic acids is 1. The minimum atomic E-state index is -1.04. The number of nitrogens with zero attached hydrogens (tertiary/aromatic N) is 1. The van der Waals surface area contributed by atoms with Crippen LogP contribution in [0, 0.1) is 6.92 Å². The number of nitrogens with one attached hydrogen (secondary N) is 1. The summed E-state index contributed by atoms with van der Waals surface area (Å²) in [4.78, 5) is 30.5. The molecular weight excluding hydrogens is 528 g/mol. The number of hydrogen-bond donors (Lipinski definition) is 2. The highest BCUT2D eigenvalue weighted by molar-refractivity contribution is 7.98. The molecule has 4 rings (SSSR count). The quantitative estimate of drug-likeness (QED) is 0.197. The summed E-state index contributed by atoms with van der Waals surface area (Å²) in [6, 6.07) is 22.8. The first-order valence-corrected chi connectivity index (χ1v) is 15.0. The maximum atomic E-state index is 13.4. The Balaban J connectivity index is 1.69. The molecule has 4 aromatic rings. The molecule has 0 aliphatic rings. The van der Waals surface area contributed by atoms with E-state index in [4.69, 9.17) is 4.74 Å². The average Bonchev–Trinajstić information content (AvgIpc) is 3.48. The monoisotopic (exact) mass is 560 g/mol. The van der Waals surface area contributed by atoms with Gasteiger partial charge in [0.05, 0.1) is 17.0 Å². The molecule has 0 saturated heterocycles. The predicted molar refractivity (Wildman–Crippen MR) is 159 cm³/mol. The Morgan fingerprint density at radius 2 is 1.82 bits per heavy atom. The Labute approximate surface area is 237 Å². The Hall–Kier alpha value is -3.46. The molecule has 0 radical (unpaired) electrons. The minimum Gasteiger partial charge on any atom is -0.480 e. The highest BCUT2D eigenvalue weighted by Crippen LogP contribution is 2.34. The van der Waals surface area contributed by atoms with Crippen LogP contribution < -0.4 is 5.32 Å². The summed E-state index contributed by atoms with van der Waals surface area (Å²) in [5.74, 6) is -0.811. The van der Waals surface area contributed by atoms with E-state index in [2.05, 4.69) is 22.4 Å². The maximum absolute atomic E-state index is 13.4. The molecule has 1 aromatic heterocycles. The van der Waals surface area contributed by atoms with Gasteiger partial charge in [-0.3, -0.25) is 9.78 Å². The van der Waals surface area contributed by atoms with E-state index in [1.165, 1.54) is 16.9 Å². The van der Waals surface area contributed by atoms with Crippen molar-refractivity contribution in [1.29, 1.82) is 0 Å².